The Labute approximate surface area is 117 Å². The van der Waals surface area contributed by atoms with E-state index in [2.05, 4.69) is 0 Å². The van der Waals surface area contributed by atoms with Gasteiger partial charge in [0.25, 0.3) is 0 Å². The maximum absolute atomic E-state index is 12.4. The van der Waals surface area contributed by atoms with Gasteiger partial charge in [-0.25, -0.2) is 0 Å². The number of carbonyl (C=O) groups excluding carboxylic acids is 1. The molecule has 0 atom stereocenters. The maximum Gasteiger partial charge on any atom is 0.189 e. The van der Waals surface area contributed by atoms with Crippen LogP contribution in [0.3, 0.4) is 0 Å². The molecule has 1 aliphatic carbocycles. The van der Waals surface area contributed by atoms with Crippen molar-refractivity contribution in [2.45, 2.75) is 12.8 Å². The summed E-state index contributed by atoms with van der Waals surface area (Å²) >= 11 is 6.14. The molecule has 0 saturated carbocycles. The van der Waals surface area contributed by atoms with Gasteiger partial charge in [0.05, 0.1) is 0 Å². The summed E-state index contributed by atoms with van der Waals surface area (Å²) in [5.41, 5.74) is 3.72. The van der Waals surface area contributed by atoms with Crippen molar-refractivity contribution in [1.82, 2.24) is 0 Å². The number of allylic oxidation sites excluding steroid dienone is 1. The van der Waals surface area contributed by atoms with Gasteiger partial charge in [-0.2, -0.15) is 0 Å². The van der Waals surface area contributed by atoms with Crippen LogP contribution in [0, 0.1) is 0 Å². The Morgan fingerprint density at radius 2 is 1.68 bits per heavy atom. The predicted octanol–water partition coefficient (Wildman–Crippen LogP) is 4.55. The van der Waals surface area contributed by atoms with E-state index in [0.717, 1.165) is 35.1 Å². The number of rotatable bonds is 1. The van der Waals surface area contributed by atoms with Crippen LogP contribution in [0.25, 0.3) is 6.08 Å². The lowest BCUT2D eigenvalue weighted by Crippen LogP contribution is -2.13. The Kier molecular flexibility index (Phi) is 3.22. The highest BCUT2D eigenvalue weighted by atomic mass is 35.5. The highest BCUT2D eigenvalue weighted by Gasteiger charge is 2.21. The molecule has 0 N–H and O–H groups in total. The molecule has 2 aromatic carbocycles. The van der Waals surface area contributed by atoms with Crippen LogP contribution < -0.4 is 0 Å². The highest BCUT2D eigenvalue weighted by Crippen LogP contribution is 2.28. The van der Waals surface area contributed by atoms with E-state index >= 15 is 0 Å². The van der Waals surface area contributed by atoms with Crippen LogP contribution >= 0.6 is 11.6 Å². The normalized spacial score (nSPS) is 16.5. The zero-order valence-electron chi connectivity index (χ0n) is 10.4. The Balaban J connectivity index is 2.01. The minimum Gasteiger partial charge on any atom is -0.289 e. The second-order valence-corrected chi connectivity index (χ2v) is 5.08. The van der Waals surface area contributed by atoms with E-state index in [1.54, 1.807) is 0 Å². The van der Waals surface area contributed by atoms with Gasteiger partial charge in [0, 0.05) is 16.2 Å². The molecule has 0 unspecified atom stereocenters. The second kappa shape index (κ2) is 5.02. The number of hydrogen-bond donors (Lipinski definition) is 0. The van der Waals surface area contributed by atoms with Crippen molar-refractivity contribution in [3.63, 3.8) is 0 Å². The molecule has 2 aromatic rings. The number of aryl methyl sites for hydroxylation is 1. The third kappa shape index (κ3) is 2.34. The van der Waals surface area contributed by atoms with Crippen LogP contribution in [0.15, 0.2) is 54.1 Å². The van der Waals surface area contributed by atoms with Crippen molar-refractivity contribution in [2.24, 2.45) is 0 Å². The molecule has 0 amide bonds. The number of fused-ring (bicyclic) bond motifs is 1. The fourth-order valence-corrected chi connectivity index (χ4v) is 2.62. The first-order valence-corrected chi connectivity index (χ1v) is 6.71. The Morgan fingerprint density at radius 3 is 2.53 bits per heavy atom. The average Bonchev–Trinajstić information content (AvgIpc) is 2.44. The summed E-state index contributed by atoms with van der Waals surface area (Å²) in [7, 11) is 0. The van der Waals surface area contributed by atoms with Crippen molar-refractivity contribution < 1.29 is 4.79 Å². The molecule has 0 aromatic heterocycles. The van der Waals surface area contributed by atoms with Crippen molar-refractivity contribution in [3.05, 3.63) is 75.8 Å². The summed E-state index contributed by atoms with van der Waals surface area (Å²) in [6, 6.07) is 15.4. The van der Waals surface area contributed by atoms with Gasteiger partial charge in [-0.15, -0.1) is 0 Å². The Hall–Kier alpha value is -1.86. The topological polar surface area (TPSA) is 17.1 Å². The van der Waals surface area contributed by atoms with Crippen LogP contribution in [-0.2, 0) is 6.42 Å². The predicted molar refractivity (Wildman–Crippen MR) is 78.5 cm³/mol. The van der Waals surface area contributed by atoms with E-state index in [0.29, 0.717) is 5.02 Å². The van der Waals surface area contributed by atoms with Crippen LogP contribution in [0.4, 0.5) is 0 Å². The molecule has 0 saturated heterocycles. The van der Waals surface area contributed by atoms with E-state index in [1.165, 1.54) is 0 Å². The maximum atomic E-state index is 12.4. The minimum atomic E-state index is 0.127. The number of carbonyl (C=O) groups is 1. The van der Waals surface area contributed by atoms with Crippen LogP contribution in [0.2, 0.25) is 5.02 Å². The lowest BCUT2D eigenvalue weighted by Gasteiger charge is -2.17. The smallest absolute Gasteiger partial charge is 0.189 e. The molecule has 3 rings (SSSR count). The minimum absolute atomic E-state index is 0.127. The van der Waals surface area contributed by atoms with Gasteiger partial charge in [0.15, 0.2) is 5.78 Å². The molecule has 0 heterocycles. The van der Waals surface area contributed by atoms with E-state index in [4.69, 9.17) is 11.6 Å². The number of ketones is 1. The summed E-state index contributed by atoms with van der Waals surface area (Å²) in [6.07, 6.45) is 3.61. The number of hydrogen-bond acceptors (Lipinski definition) is 1. The summed E-state index contributed by atoms with van der Waals surface area (Å²) in [6.45, 7) is 0. The zero-order valence-corrected chi connectivity index (χ0v) is 11.2. The Morgan fingerprint density at radius 1 is 0.947 bits per heavy atom. The third-order valence-corrected chi connectivity index (χ3v) is 3.80. The molecule has 0 spiro atoms. The lowest BCUT2D eigenvalue weighted by molar-refractivity contribution is 0.102. The fourth-order valence-electron chi connectivity index (χ4n) is 2.43. The third-order valence-electron chi connectivity index (χ3n) is 3.45. The SMILES string of the molecule is O=C1/C(=C/c2ccccc2Cl)CCc2ccccc21. The second-order valence-electron chi connectivity index (χ2n) is 4.68. The standard InChI is InChI=1S/C17H13ClO/c18-16-8-4-2-6-13(16)11-14-10-9-12-5-1-3-7-15(12)17(14)19/h1-8,11H,9-10H2/b14-11+. The first-order chi connectivity index (χ1) is 9.25. The quantitative estimate of drug-likeness (QED) is 0.694. The molecule has 0 radical (unpaired) electrons. The van der Waals surface area contributed by atoms with Gasteiger partial charge in [-0.1, -0.05) is 54.1 Å². The Bertz CT molecular complexity index is 670. The summed E-state index contributed by atoms with van der Waals surface area (Å²) in [5, 5.41) is 0.682. The van der Waals surface area contributed by atoms with Gasteiger partial charge in [-0.05, 0) is 36.1 Å². The average molecular weight is 269 g/mol. The molecule has 19 heavy (non-hydrogen) atoms. The van der Waals surface area contributed by atoms with Gasteiger partial charge < -0.3 is 0 Å². The van der Waals surface area contributed by atoms with Crippen LogP contribution in [-0.4, -0.2) is 5.78 Å². The van der Waals surface area contributed by atoms with Crippen molar-refractivity contribution in [1.29, 1.82) is 0 Å². The first kappa shape index (κ1) is 12.2. The van der Waals surface area contributed by atoms with Crippen molar-refractivity contribution >= 4 is 23.5 Å². The molecule has 2 heteroatoms. The fraction of sp³-hybridized carbons (Fsp3) is 0.118. The largest absolute Gasteiger partial charge is 0.289 e. The highest BCUT2D eigenvalue weighted by molar-refractivity contribution is 6.32. The van der Waals surface area contributed by atoms with Crippen molar-refractivity contribution in [3.8, 4) is 0 Å². The van der Waals surface area contributed by atoms with E-state index in [-0.39, 0.29) is 5.78 Å². The van der Waals surface area contributed by atoms with E-state index in [9.17, 15) is 4.79 Å². The summed E-state index contributed by atoms with van der Waals surface area (Å²) in [4.78, 5) is 12.4. The van der Waals surface area contributed by atoms with Gasteiger partial charge in [0.2, 0.25) is 0 Å². The summed E-state index contributed by atoms with van der Waals surface area (Å²) in [5.74, 6) is 0.127. The molecular formula is C17H13ClO. The summed E-state index contributed by atoms with van der Waals surface area (Å²) < 4.78 is 0. The number of halogens is 1. The molecule has 0 fully saturated rings. The van der Waals surface area contributed by atoms with Crippen LogP contribution in [0.1, 0.15) is 27.9 Å². The molecule has 1 aliphatic rings. The first-order valence-electron chi connectivity index (χ1n) is 6.33. The monoisotopic (exact) mass is 268 g/mol. The van der Waals surface area contributed by atoms with E-state index < -0.39 is 0 Å². The zero-order chi connectivity index (χ0) is 13.2. The van der Waals surface area contributed by atoms with Gasteiger partial charge in [-0.3, -0.25) is 4.79 Å². The van der Waals surface area contributed by atoms with Crippen molar-refractivity contribution in [2.75, 3.05) is 0 Å². The molecule has 0 aliphatic heterocycles. The lowest BCUT2D eigenvalue weighted by atomic mass is 9.86. The molecule has 0 bridgehead atoms. The molecule has 94 valence electrons. The van der Waals surface area contributed by atoms with Crippen LogP contribution in [0.5, 0.6) is 0 Å². The number of benzene rings is 2. The van der Waals surface area contributed by atoms with Gasteiger partial charge >= 0.3 is 0 Å². The van der Waals surface area contributed by atoms with E-state index in [1.807, 2.05) is 54.6 Å². The molecule has 1 nitrogen and oxygen atoms in total. The molecular weight excluding hydrogens is 256 g/mol. The van der Waals surface area contributed by atoms with Gasteiger partial charge in [0.1, 0.15) is 0 Å². The number of Topliss-reactive ketones (excluding diaryl/α,β-unsaturated/α-hetero) is 1.